The van der Waals surface area contributed by atoms with Crippen molar-refractivity contribution in [3.8, 4) is 5.75 Å². The number of hydrogen-bond donors (Lipinski definition) is 1. The minimum atomic E-state index is -0.492. The van der Waals surface area contributed by atoms with Crippen LogP contribution in [0.1, 0.15) is 39.2 Å². The van der Waals surface area contributed by atoms with Crippen molar-refractivity contribution in [2.45, 2.75) is 33.6 Å². The molecule has 1 saturated heterocycles. The topological polar surface area (TPSA) is 71.0 Å². The van der Waals surface area contributed by atoms with E-state index in [0.717, 1.165) is 24.2 Å². The van der Waals surface area contributed by atoms with Gasteiger partial charge in [0.2, 0.25) is 11.8 Å². The molecule has 150 valence electrons. The SMILES string of the molecule is COc1ccc(/C=N\NC(=S)SCN2C(=O)C3CCC(C)(C2=O)C3(C)C)cc1. The summed E-state index contributed by atoms with van der Waals surface area (Å²) in [6, 6.07) is 7.45. The van der Waals surface area contributed by atoms with E-state index in [1.54, 1.807) is 13.3 Å². The Balaban J connectivity index is 1.55. The van der Waals surface area contributed by atoms with Gasteiger partial charge in [0.05, 0.1) is 24.6 Å². The normalized spacial score (nSPS) is 26.0. The molecule has 2 amide bonds. The van der Waals surface area contributed by atoms with E-state index in [9.17, 15) is 9.59 Å². The maximum absolute atomic E-state index is 13.0. The molecule has 0 spiro atoms. The summed E-state index contributed by atoms with van der Waals surface area (Å²) in [7, 11) is 1.62. The zero-order valence-electron chi connectivity index (χ0n) is 16.5. The predicted molar refractivity (Wildman–Crippen MR) is 115 cm³/mol. The van der Waals surface area contributed by atoms with Crippen LogP contribution in [0.5, 0.6) is 5.75 Å². The van der Waals surface area contributed by atoms with Crippen LogP contribution in [0, 0.1) is 16.7 Å². The van der Waals surface area contributed by atoms with Gasteiger partial charge in [0.25, 0.3) is 0 Å². The molecule has 1 aromatic carbocycles. The van der Waals surface area contributed by atoms with E-state index in [1.807, 2.05) is 45.0 Å². The van der Waals surface area contributed by atoms with Gasteiger partial charge < -0.3 is 4.74 Å². The van der Waals surface area contributed by atoms with E-state index < -0.39 is 5.41 Å². The van der Waals surface area contributed by atoms with Gasteiger partial charge in [0.1, 0.15) is 5.75 Å². The van der Waals surface area contributed by atoms with Gasteiger partial charge in [-0.15, -0.1) is 0 Å². The number of piperidine rings is 1. The number of hydrazone groups is 1. The Kier molecular flexibility index (Phi) is 5.82. The lowest BCUT2D eigenvalue weighted by atomic mass is 9.62. The predicted octanol–water partition coefficient (Wildman–Crippen LogP) is 3.41. The van der Waals surface area contributed by atoms with Gasteiger partial charge >= 0.3 is 0 Å². The van der Waals surface area contributed by atoms with Crippen molar-refractivity contribution in [1.82, 2.24) is 10.3 Å². The Morgan fingerprint density at radius 3 is 2.68 bits per heavy atom. The standard InChI is InChI=1S/C20H25N3O3S2/c1-19(2)15-9-10-20(19,3)17(25)23(16(15)24)12-28-18(27)22-21-11-13-5-7-14(26-4)8-6-13/h5-8,11,15H,9-10,12H2,1-4H3,(H,22,27)/b21-11-. The number of nitrogens with zero attached hydrogens (tertiary/aromatic N) is 2. The minimum absolute atomic E-state index is 0.0815. The quantitative estimate of drug-likeness (QED) is 0.341. The van der Waals surface area contributed by atoms with Crippen molar-refractivity contribution in [1.29, 1.82) is 0 Å². The third-order valence-electron chi connectivity index (χ3n) is 6.32. The summed E-state index contributed by atoms with van der Waals surface area (Å²) in [6.45, 7) is 6.05. The number of thioether (sulfide) groups is 1. The lowest BCUT2D eigenvalue weighted by molar-refractivity contribution is -0.166. The van der Waals surface area contributed by atoms with Crippen molar-refractivity contribution in [3.63, 3.8) is 0 Å². The number of carbonyl (C=O) groups excluding carboxylic acids is 2. The Morgan fingerprint density at radius 1 is 1.36 bits per heavy atom. The number of benzene rings is 1. The van der Waals surface area contributed by atoms with Crippen LogP contribution in [0.25, 0.3) is 0 Å². The molecule has 6 nitrogen and oxygen atoms in total. The number of likely N-dealkylation sites (tertiary alicyclic amines) is 1. The van der Waals surface area contributed by atoms with Crippen LogP contribution < -0.4 is 10.2 Å². The van der Waals surface area contributed by atoms with Crippen molar-refractivity contribution in [3.05, 3.63) is 29.8 Å². The summed E-state index contributed by atoms with van der Waals surface area (Å²) >= 11 is 6.50. The molecule has 1 aromatic rings. The molecule has 1 heterocycles. The molecule has 2 atom stereocenters. The maximum Gasteiger partial charge on any atom is 0.236 e. The highest BCUT2D eigenvalue weighted by molar-refractivity contribution is 8.22. The van der Waals surface area contributed by atoms with Gasteiger partial charge in [-0.2, -0.15) is 5.10 Å². The third-order valence-corrected chi connectivity index (χ3v) is 7.50. The fourth-order valence-electron chi connectivity index (χ4n) is 4.03. The monoisotopic (exact) mass is 419 g/mol. The summed E-state index contributed by atoms with van der Waals surface area (Å²) in [4.78, 5) is 27.2. The first-order chi connectivity index (χ1) is 13.2. The van der Waals surface area contributed by atoms with Gasteiger partial charge in [0, 0.05) is 5.92 Å². The first-order valence-corrected chi connectivity index (χ1v) is 10.6. The second-order valence-electron chi connectivity index (χ2n) is 7.92. The van der Waals surface area contributed by atoms with Crippen LogP contribution in [0.4, 0.5) is 0 Å². The largest absolute Gasteiger partial charge is 0.497 e. The fraction of sp³-hybridized carbons (Fsp3) is 0.500. The van der Waals surface area contributed by atoms with E-state index in [1.165, 1.54) is 16.7 Å². The lowest BCUT2D eigenvalue weighted by Crippen LogP contribution is -2.58. The summed E-state index contributed by atoms with van der Waals surface area (Å²) in [5.74, 6) is 0.711. The number of ether oxygens (including phenoxy) is 1. The highest BCUT2D eigenvalue weighted by Crippen LogP contribution is 2.60. The molecule has 3 rings (SSSR count). The number of imide groups is 1. The Morgan fingerprint density at radius 2 is 2.04 bits per heavy atom. The van der Waals surface area contributed by atoms with E-state index in [-0.39, 0.29) is 29.0 Å². The average Bonchev–Trinajstić information content (AvgIpc) is 2.86. The molecule has 28 heavy (non-hydrogen) atoms. The molecular weight excluding hydrogens is 394 g/mol. The average molecular weight is 420 g/mol. The zero-order chi connectivity index (χ0) is 20.5. The van der Waals surface area contributed by atoms with E-state index in [2.05, 4.69) is 10.5 Å². The van der Waals surface area contributed by atoms with Crippen LogP contribution in [0.2, 0.25) is 0 Å². The highest BCUT2D eigenvalue weighted by atomic mass is 32.2. The van der Waals surface area contributed by atoms with Crippen LogP contribution in [-0.4, -0.2) is 40.2 Å². The van der Waals surface area contributed by atoms with Crippen LogP contribution in [-0.2, 0) is 9.59 Å². The molecule has 1 N–H and O–H groups in total. The van der Waals surface area contributed by atoms with Gasteiger partial charge in [-0.25, -0.2) is 0 Å². The smallest absolute Gasteiger partial charge is 0.236 e. The van der Waals surface area contributed by atoms with Crippen LogP contribution in [0.3, 0.4) is 0 Å². The van der Waals surface area contributed by atoms with Gasteiger partial charge in [-0.1, -0.05) is 44.8 Å². The highest BCUT2D eigenvalue weighted by Gasteiger charge is 2.64. The fourth-order valence-corrected chi connectivity index (χ4v) is 4.85. The minimum Gasteiger partial charge on any atom is -0.497 e. The molecule has 2 bridgehead atoms. The molecule has 1 saturated carbocycles. The molecule has 8 heteroatoms. The number of nitrogens with one attached hydrogen (secondary N) is 1. The number of hydrogen-bond acceptors (Lipinski definition) is 6. The third kappa shape index (κ3) is 3.55. The first kappa shape index (κ1) is 20.8. The Hall–Kier alpha value is -1.93. The number of thiocarbonyl (C=S) groups is 1. The Bertz CT molecular complexity index is 822. The molecule has 1 aliphatic heterocycles. The molecule has 2 fully saturated rings. The number of methoxy groups -OCH3 is 1. The molecule has 2 aliphatic rings. The Labute approximate surface area is 175 Å². The molecular formula is C20H25N3O3S2. The van der Waals surface area contributed by atoms with E-state index in [0.29, 0.717) is 4.32 Å². The number of rotatable bonds is 5. The van der Waals surface area contributed by atoms with Crippen molar-refractivity contribution in [2.24, 2.45) is 21.8 Å². The lowest BCUT2D eigenvalue weighted by Gasteiger charge is -2.47. The molecule has 0 aromatic heterocycles. The maximum atomic E-state index is 13.0. The summed E-state index contributed by atoms with van der Waals surface area (Å²) in [6.07, 6.45) is 3.17. The summed E-state index contributed by atoms with van der Waals surface area (Å²) in [5.41, 5.74) is 2.88. The van der Waals surface area contributed by atoms with Gasteiger partial charge in [-0.05, 0) is 48.1 Å². The summed E-state index contributed by atoms with van der Waals surface area (Å²) in [5, 5.41) is 4.11. The number of carbonyl (C=O) groups is 2. The zero-order valence-corrected chi connectivity index (χ0v) is 18.2. The van der Waals surface area contributed by atoms with Crippen molar-refractivity contribution < 1.29 is 14.3 Å². The molecule has 0 radical (unpaired) electrons. The van der Waals surface area contributed by atoms with Gasteiger partial charge in [0.15, 0.2) is 4.32 Å². The number of fused-ring (bicyclic) bond motifs is 2. The second-order valence-corrected chi connectivity index (χ2v) is 9.54. The summed E-state index contributed by atoms with van der Waals surface area (Å²) < 4.78 is 5.52. The van der Waals surface area contributed by atoms with Crippen LogP contribution >= 0.6 is 24.0 Å². The van der Waals surface area contributed by atoms with Crippen LogP contribution in [0.15, 0.2) is 29.4 Å². The second kappa shape index (κ2) is 7.83. The van der Waals surface area contributed by atoms with Crippen molar-refractivity contribution >= 4 is 46.3 Å². The van der Waals surface area contributed by atoms with E-state index >= 15 is 0 Å². The van der Waals surface area contributed by atoms with E-state index in [4.69, 9.17) is 17.0 Å². The van der Waals surface area contributed by atoms with Gasteiger partial charge in [-0.3, -0.25) is 19.9 Å². The molecule has 2 unspecified atom stereocenters. The molecule has 1 aliphatic carbocycles. The number of amides is 2. The first-order valence-electron chi connectivity index (χ1n) is 9.16. The van der Waals surface area contributed by atoms with Crippen molar-refractivity contribution in [2.75, 3.05) is 13.0 Å².